The first kappa shape index (κ1) is 13.4. The molecule has 1 atom stereocenters. The van der Waals surface area contributed by atoms with Crippen molar-refractivity contribution >= 4 is 0 Å². The minimum absolute atomic E-state index is 0.163. The number of aryl methyl sites for hydroxylation is 1. The molecule has 3 heteroatoms. The minimum Gasteiger partial charge on any atom is -0.350 e. The Bertz CT molecular complexity index is 599. The lowest BCUT2D eigenvalue weighted by atomic mass is 10.1. The van der Waals surface area contributed by atoms with Gasteiger partial charge in [0.2, 0.25) is 0 Å². The third-order valence-electron chi connectivity index (χ3n) is 4.20. The van der Waals surface area contributed by atoms with Gasteiger partial charge < -0.3 is 9.88 Å². The number of benzene rings is 1. The van der Waals surface area contributed by atoms with Crippen molar-refractivity contribution < 1.29 is 4.39 Å². The van der Waals surface area contributed by atoms with Gasteiger partial charge in [0.15, 0.2) is 0 Å². The Morgan fingerprint density at radius 3 is 2.85 bits per heavy atom. The van der Waals surface area contributed by atoms with E-state index in [4.69, 9.17) is 0 Å². The van der Waals surface area contributed by atoms with E-state index in [1.54, 1.807) is 6.07 Å². The molecular weight excluding hydrogens is 251 g/mol. The molecule has 2 nitrogen and oxygen atoms in total. The van der Waals surface area contributed by atoms with Crippen molar-refractivity contribution in [3.8, 4) is 0 Å². The molecule has 1 unspecified atom stereocenters. The zero-order valence-corrected chi connectivity index (χ0v) is 12.1. The maximum absolute atomic E-state index is 13.3. The summed E-state index contributed by atoms with van der Waals surface area (Å²) < 4.78 is 15.5. The molecule has 0 saturated heterocycles. The lowest BCUT2D eigenvalue weighted by molar-refractivity contribution is 0.528. The van der Waals surface area contributed by atoms with Crippen LogP contribution in [-0.4, -0.2) is 11.6 Å². The van der Waals surface area contributed by atoms with Gasteiger partial charge in [0.05, 0.1) is 0 Å². The molecule has 1 N–H and O–H groups in total. The zero-order valence-electron chi connectivity index (χ0n) is 12.1. The average molecular weight is 272 g/mol. The molecule has 1 aromatic carbocycles. The van der Waals surface area contributed by atoms with Crippen LogP contribution >= 0.6 is 0 Å². The van der Waals surface area contributed by atoms with E-state index in [1.165, 1.54) is 24.5 Å². The van der Waals surface area contributed by atoms with Crippen LogP contribution < -0.4 is 5.32 Å². The molecular formula is C17H21FN2. The Balaban J connectivity index is 1.78. The average Bonchev–Trinajstić information content (AvgIpc) is 3.15. The Labute approximate surface area is 119 Å². The van der Waals surface area contributed by atoms with Crippen molar-refractivity contribution in [2.75, 3.05) is 7.05 Å². The van der Waals surface area contributed by atoms with Gasteiger partial charge in [0.1, 0.15) is 5.82 Å². The first-order valence-corrected chi connectivity index (χ1v) is 7.25. The fourth-order valence-electron chi connectivity index (χ4n) is 2.85. The minimum atomic E-state index is -0.163. The molecule has 20 heavy (non-hydrogen) atoms. The predicted molar refractivity (Wildman–Crippen MR) is 79.2 cm³/mol. The second-order valence-electron chi connectivity index (χ2n) is 5.79. The van der Waals surface area contributed by atoms with Crippen molar-refractivity contribution in [1.29, 1.82) is 0 Å². The van der Waals surface area contributed by atoms with Crippen molar-refractivity contribution in [3.05, 3.63) is 59.2 Å². The Morgan fingerprint density at radius 1 is 1.35 bits per heavy atom. The summed E-state index contributed by atoms with van der Waals surface area (Å²) in [6, 6.07) is 7.63. The fraction of sp³-hybridized carbons (Fsp3) is 0.412. The van der Waals surface area contributed by atoms with Gasteiger partial charge in [-0.2, -0.15) is 0 Å². The van der Waals surface area contributed by atoms with E-state index in [-0.39, 0.29) is 5.82 Å². The molecule has 3 rings (SSSR count). The molecule has 1 heterocycles. The highest BCUT2D eigenvalue weighted by Crippen LogP contribution is 2.40. The highest BCUT2D eigenvalue weighted by Gasteiger charge is 2.31. The second-order valence-corrected chi connectivity index (χ2v) is 5.79. The number of nitrogens with zero attached hydrogens (tertiary/aromatic N) is 1. The molecule has 1 aliphatic carbocycles. The maximum atomic E-state index is 13.3. The van der Waals surface area contributed by atoms with E-state index < -0.39 is 0 Å². The Morgan fingerprint density at radius 2 is 2.15 bits per heavy atom. The van der Waals surface area contributed by atoms with Crippen LogP contribution in [0, 0.1) is 18.7 Å². The van der Waals surface area contributed by atoms with Gasteiger partial charge >= 0.3 is 0 Å². The van der Waals surface area contributed by atoms with Gasteiger partial charge in [-0.3, -0.25) is 0 Å². The van der Waals surface area contributed by atoms with Gasteiger partial charge in [0, 0.05) is 25.0 Å². The topological polar surface area (TPSA) is 17.0 Å². The fourth-order valence-corrected chi connectivity index (χ4v) is 2.85. The first-order valence-electron chi connectivity index (χ1n) is 7.25. The lowest BCUT2D eigenvalue weighted by Crippen LogP contribution is -2.17. The van der Waals surface area contributed by atoms with Gasteiger partial charge in [0.25, 0.3) is 0 Å². The van der Waals surface area contributed by atoms with E-state index in [1.807, 2.05) is 20.0 Å². The van der Waals surface area contributed by atoms with Crippen LogP contribution in [0.1, 0.15) is 35.6 Å². The lowest BCUT2D eigenvalue weighted by Gasteiger charge is -2.13. The number of aromatic nitrogens is 1. The van der Waals surface area contributed by atoms with Crippen molar-refractivity contribution in [2.45, 2.75) is 32.4 Å². The van der Waals surface area contributed by atoms with Gasteiger partial charge in [-0.25, -0.2) is 4.39 Å². The normalized spacial score (nSPS) is 16.4. The molecule has 1 aliphatic rings. The monoisotopic (exact) mass is 272 g/mol. The van der Waals surface area contributed by atoms with Crippen LogP contribution in [0.25, 0.3) is 0 Å². The third kappa shape index (κ3) is 2.78. The number of hydrogen-bond donors (Lipinski definition) is 1. The van der Waals surface area contributed by atoms with E-state index in [0.717, 1.165) is 23.6 Å². The van der Waals surface area contributed by atoms with Crippen LogP contribution in [0.15, 0.2) is 36.7 Å². The molecule has 1 saturated carbocycles. The SMILES string of the molecule is CNC(c1ccn(Cc2cc(F)ccc2C)c1)C1CC1. The van der Waals surface area contributed by atoms with E-state index in [2.05, 4.69) is 28.3 Å². The second kappa shape index (κ2) is 5.41. The maximum Gasteiger partial charge on any atom is 0.123 e. The van der Waals surface area contributed by atoms with E-state index in [9.17, 15) is 4.39 Å². The predicted octanol–water partition coefficient (Wildman–Crippen LogP) is 3.65. The summed E-state index contributed by atoms with van der Waals surface area (Å²) in [5.41, 5.74) is 3.51. The summed E-state index contributed by atoms with van der Waals surface area (Å²) >= 11 is 0. The molecule has 1 fully saturated rings. The molecule has 106 valence electrons. The van der Waals surface area contributed by atoms with Crippen LogP contribution in [0.2, 0.25) is 0 Å². The summed E-state index contributed by atoms with van der Waals surface area (Å²) in [7, 11) is 2.02. The summed E-state index contributed by atoms with van der Waals surface area (Å²) in [5, 5.41) is 3.40. The molecule has 0 amide bonds. The molecule has 0 aliphatic heterocycles. The highest BCUT2D eigenvalue weighted by atomic mass is 19.1. The molecule has 1 aromatic heterocycles. The van der Waals surface area contributed by atoms with Crippen LogP contribution in [-0.2, 0) is 6.54 Å². The molecule has 0 radical (unpaired) electrons. The van der Waals surface area contributed by atoms with Gasteiger partial charge in [-0.1, -0.05) is 6.07 Å². The molecule has 0 bridgehead atoms. The largest absolute Gasteiger partial charge is 0.350 e. The third-order valence-corrected chi connectivity index (χ3v) is 4.20. The summed E-state index contributed by atoms with van der Waals surface area (Å²) in [6.07, 6.45) is 6.91. The summed E-state index contributed by atoms with van der Waals surface area (Å²) in [6.45, 7) is 2.75. The smallest absolute Gasteiger partial charge is 0.123 e. The number of nitrogens with one attached hydrogen (secondary N) is 1. The van der Waals surface area contributed by atoms with Crippen molar-refractivity contribution in [3.63, 3.8) is 0 Å². The highest BCUT2D eigenvalue weighted by molar-refractivity contribution is 5.28. The number of hydrogen-bond acceptors (Lipinski definition) is 1. The number of rotatable bonds is 5. The van der Waals surface area contributed by atoms with Crippen LogP contribution in [0.4, 0.5) is 4.39 Å². The quantitative estimate of drug-likeness (QED) is 0.879. The van der Waals surface area contributed by atoms with E-state index in [0.29, 0.717) is 6.04 Å². The number of halogens is 1. The molecule has 2 aromatic rings. The van der Waals surface area contributed by atoms with Crippen molar-refractivity contribution in [1.82, 2.24) is 9.88 Å². The first-order chi connectivity index (χ1) is 9.67. The molecule has 0 spiro atoms. The van der Waals surface area contributed by atoms with E-state index >= 15 is 0 Å². The zero-order chi connectivity index (χ0) is 14.1. The standard InChI is InChI=1S/C17H21FN2/c1-12-3-6-16(18)9-15(12)11-20-8-7-14(10-20)17(19-2)13-4-5-13/h3,6-10,13,17,19H,4-5,11H2,1-2H3. The van der Waals surface area contributed by atoms with Gasteiger partial charge in [-0.15, -0.1) is 0 Å². The van der Waals surface area contributed by atoms with Crippen LogP contribution in [0.3, 0.4) is 0 Å². The summed E-state index contributed by atoms with van der Waals surface area (Å²) in [5.74, 6) is 0.621. The van der Waals surface area contributed by atoms with Gasteiger partial charge in [-0.05, 0) is 67.6 Å². The Kier molecular flexibility index (Phi) is 3.62. The Hall–Kier alpha value is -1.61. The van der Waals surface area contributed by atoms with Crippen molar-refractivity contribution in [2.24, 2.45) is 5.92 Å². The summed E-state index contributed by atoms with van der Waals surface area (Å²) in [4.78, 5) is 0. The van der Waals surface area contributed by atoms with Crippen LogP contribution in [0.5, 0.6) is 0 Å².